The third-order valence-corrected chi connectivity index (χ3v) is 3.89. The van der Waals surface area contributed by atoms with Crippen molar-refractivity contribution in [2.75, 3.05) is 0 Å². The summed E-state index contributed by atoms with van der Waals surface area (Å²) in [6.07, 6.45) is 1.54. The lowest BCUT2D eigenvalue weighted by Gasteiger charge is -2.12. The number of hydrogen-bond acceptors (Lipinski definition) is 2. The second-order valence-electron chi connectivity index (χ2n) is 4.91. The van der Waals surface area contributed by atoms with Crippen LogP contribution in [0.3, 0.4) is 0 Å². The molecule has 1 atom stereocenters. The molecule has 1 N–H and O–H groups in total. The highest BCUT2D eigenvalue weighted by molar-refractivity contribution is 9.10. The predicted octanol–water partition coefficient (Wildman–Crippen LogP) is 4.44. The third kappa shape index (κ3) is 3.92. The van der Waals surface area contributed by atoms with Crippen LogP contribution in [0.25, 0.3) is 6.08 Å². The fraction of sp³-hybridized carbons (Fsp3) is 0.111. The van der Waals surface area contributed by atoms with Gasteiger partial charge in [-0.3, -0.25) is 4.79 Å². The molecule has 112 valence electrons. The van der Waals surface area contributed by atoms with Gasteiger partial charge in [-0.2, -0.15) is 0 Å². The molecule has 2 aromatic carbocycles. The van der Waals surface area contributed by atoms with Crippen molar-refractivity contribution in [1.29, 1.82) is 0 Å². The van der Waals surface area contributed by atoms with Crippen molar-refractivity contribution in [3.8, 4) is 0 Å². The molecule has 0 spiro atoms. The average molecular weight is 359 g/mol. The van der Waals surface area contributed by atoms with Gasteiger partial charge in [0.05, 0.1) is 5.92 Å². The number of halogens is 1. The molecule has 3 nitrogen and oxygen atoms in total. The number of carbonyl (C=O) groups is 2. The molecule has 0 radical (unpaired) electrons. The number of ketones is 1. The number of carboxylic acid groups (broad SMARTS) is 1. The van der Waals surface area contributed by atoms with Crippen LogP contribution in [0.5, 0.6) is 0 Å². The van der Waals surface area contributed by atoms with Crippen LogP contribution in [0, 0.1) is 5.92 Å². The molecule has 0 aliphatic rings. The minimum absolute atomic E-state index is 0.0798. The molecule has 22 heavy (non-hydrogen) atoms. The van der Waals surface area contributed by atoms with E-state index in [0.717, 1.165) is 10.0 Å². The van der Waals surface area contributed by atoms with Crippen LogP contribution in [0.2, 0.25) is 0 Å². The lowest BCUT2D eigenvalue weighted by Crippen LogP contribution is -2.19. The molecule has 4 heteroatoms. The van der Waals surface area contributed by atoms with Crippen LogP contribution in [0.1, 0.15) is 22.8 Å². The maximum Gasteiger partial charge on any atom is 0.332 e. The monoisotopic (exact) mass is 358 g/mol. The number of hydrogen-bond donors (Lipinski definition) is 1. The van der Waals surface area contributed by atoms with Crippen molar-refractivity contribution in [2.24, 2.45) is 5.92 Å². The maximum absolute atomic E-state index is 12.4. The highest BCUT2D eigenvalue weighted by Crippen LogP contribution is 2.21. The van der Waals surface area contributed by atoms with Gasteiger partial charge >= 0.3 is 5.97 Å². The second-order valence-corrected chi connectivity index (χ2v) is 5.82. The summed E-state index contributed by atoms with van der Waals surface area (Å²) in [4.78, 5) is 23.9. The van der Waals surface area contributed by atoms with Gasteiger partial charge in [0.1, 0.15) is 0 Å². The molecule has 0 bridgehead atoms. The summed E-state index contributed by atoms with van der Waals surface area (Å²) >= 11 is 3.33. The smallest absolute Gasteiger partial charge is 0.332 e. The van der Waals surface area contributed by atoms with E-state index in [4.69, 9.17) is 0 Å². The van der Waals surface area contributed by atoms with Crippen molar-refractivity contribution in [2.45, 2.75) is 6.92 Å². The zero-order valence-corrected chi connectivity index (χ0v) is 13.6. The summed E-state index contributed by atoms with van der Waals surface area (Å²) in [6, 6.07) is 16.0. The number of carboxylic acids is 1. The SMILES string of the molecule is CC(C(=O)c1ccccc1)/C(=C\c1ccc(Br)cc1)C(=O)O. The molecule has 0 saturated heterocycles. The van der Waals surface area contributed by atoms with Gasteiger partial charge in [0.15, 0.2) is 5.78 Å². The zero-order valence-electron chi connectivity index (χ0n) is 12.0. The molecule has 1 unspecified atom stereocenters. The molecule has 0 heterocycles. The summed E-state index contributed by atoms with van der Waals surface area (Å²) in [7, 11) is 0. The van der Waals surface area contributed by atoms with Crippen LogP contribution in [-0.2, 0) is 4.79 Å². The summed E-state index contributed by atoms with van der Waals surface area (Å²) in [6.45, 7) is 1.62. The van der Waals surface area contributed by atoms with Crippen molar-refractivity contribution >= 4 is 33.8 Å². The third-order valence-electron chi connectivity index (χ3n) is 3.36. The average Bonchev–Trinajstić information content (AvgIpc) is 2.53. The molecule has 2 aromatic rings. The van der Waals surface area contributed by atoms with Gasteiger partial charge in [-0.15, -0.1) is 0 Å². The summed E-state index contributed by atoms with van der Waals surface area (Å²) < 4.78 is 0.912. The number of Topliss-reactive ketones (excluding diaryl/α,β-unsaturated/α-hetero) is 1. The van der Waals surface area contributed by atoms with Gasteiger partial charge in [-0.05, 0) is 23.8 Å². The molecule has 0 aromatic heterocycles. The Morgan fingerprint density at radius 1 is 1.05 bits per heavy atom. The normalized spacial score (nSPS) is 12.7. The largest absolute Gasteiger partial charge is 0.478 e. The van der Waals surface area contributed by atoms with E-state index >= 15 is 0 Å². The van der Waals surface area contributed by atoms with E-state index in [0.29, 0.717) is 5.56 Å². The van der Waals surface area contributed by atoms with Crippen LogP contribution in [0.4, 0.5) is 0 Å². The van der Waals surface area contributed by atoms with E-state index in [9.17, 15) is 14.7 Å². The Kier molecular flexibility index (Phi) is 5.28. The topological polar surface area (TPSA) is 54.4 Å². The number of aliphatic carboxylic acids is 1. The number of carbonyl (C=O) groups excluding carboxylic acids is 1. The van der Waals surface area contributed by atoms with E-state index in [1.807, 2.05) is 18.2 Å². The van der Waals surface area contributed by atoms with E-state index in [2.05, 4.69) is 15.9 Å². The van der Waals surface area contributed by atoms with Gasteiger partial charge in [0.25, 0.3) is 0 Å². The molecule has 0 aliphatic carbocycles. The number of rotatable bonds is 5. The van der Waals surface area contributed by atoms with Gasteiger partial charge in [-0.25, -0.2) is 4.79 Å². The lowest BCUT2D eigenvalue weighted by molar-refractivity contribution is -0.133. The summed E-state index contributed by atoms with van der Waals surface area (Å²) in [5.74, 6) is -2.00. The minimum atomic E-state index is -1.08. The standard InChI is InChI=1S/C18H15BrO3/c1-12(17(20)14-5-3-2-4-6-14)16(18(21)22)11-13-7-9-15(19)10-8-13/h2-12H,1H3,(H,21,22)/b16-11+. The second kappa shape index (κ2) is 7.18. The first kappa shape index (κ1) is 16.2. The molecule has 0 amide bonds. The van der Waals surface area contributed by atoms with Crippen molar-refractivity contribution in [1.82, 2.24) is 0 Å². The Morgan fingerprint density at radius 3 is 2.18 bits per heavy atom. The first-order valence-electron chi connectivity index (χ1n) is 6.78. The van der Waals surface area contributed by atoms with Crippen LogP contribution >= 0.6 is 15.9 Å². The predicted molar refractivity (Wildman–Crippen MR) is 89.7 cm³/mol. The Balaban J connectivity index is 2.33. The molecule has 0 aliphatic heterocycles. The first-order chi connectivity index (χ1) is 10.5. The Labute approximate surface area is 137 Å². The van der Waals surface area contributed by atoms with E-state index in [-0.39, 0.29) is 11.4 Å². The van der Waals surface area contributed by atoms with E-state index < -0.39 is 11.9 Å². The lowest BCUT2D eigenvalue weighted by atomic mass is 9.91. The Morgan fingerprint density at radius 2 is 1.64 bits per heavy atom. The van der Waals surface area contributed by atoms with Crippen LogP contribution < -0.4 is 0 Å². The zero-order chi connectivity index (χ0) is 16.1. The summed E-state index contributed by atoms with van der Waals surface area (Å²) in [5, 5.41) is 9.43. The van der Waals surface area contributed by atoms with Crippen molar-refractivity contribution < 1.29 is 14.7 Å². The Bertz CT molecular complexity index is 703. The van der Waals surface area contributed by atoms with Gasteiger partial charge in [-0.1, -0.05) is 65.3 Å². The molecular weight excluding hydrogens is 344 g/mol. The molecule has 2 rings (SSSR count). The fourth-order valence-electron chi connectivity index (χ4n) is 2.10. The molecular formula is C18H15BrO3. The quantitative estimate of drug-likeness (QED) is 0.635. The number of benzene rings is 2. The molecule has 0 saturated carbocycles. The Hall–Kier alpha value is -2.20. The summed E-state index contributed by atoms with van der Waals surface area (Å²) in [5.41, 5.74) is 1.34. The van der Waals surface area contributed by atoms with E-state index in [1.165, 1.54) is 0 Å². The van der Waals surface area contributed by atoms with Crippen LogP contribution in [0.15, 0.2) is 64.6 Å². The van der Waals surface area contributed by atoms with Gasteiger partial charge < -0.3 is 5.11 Å². The van der Waals surface area contributed by atoms with Crippen LogP contribution in [-0.4, -0.2) is 16.9 Å². The fourth-order valence-corrected chi connectivity index (χ4v) is 2.37. The van der Waals surface area contributed by atoms with Crippen molar-refractivity contribution in [3.63, 3.8) is 0 Å². The van der Waals surface area contributed by atoms with Gasteiger partial charge in [0.2, 0.25) is 0 Å². The highest BCUT2D eigenvalue weighted by atomic mass is 79.9. The van der Waals surface area contributed by atoms with E-state index in [1.54, 1.807) is 49.4 Å². The maximum atomic E-state index is 12.4. The van der Waals surface area contributed by atoms with Crippen molar-refractivity contribution in [3.05, 3.63) is 75.8 Å². The molecule has 0 fully saturated rings. The first-order valence-corrected chi connectivity index (χ1v) is 7.58. The van der Waals surface area contributed by atoms with Gasteiger partial charge in [0, 0.05) is 15.6 Å². The minimum Gasteiger partial charge on any atom is -0.478 e. The highest BCUT2D eigenvalue weighted by Gasteiger charge is 2.24.